The molecule has 0 aliphatic carbocycles. The number of H-pyrrole nitrogens is 1. The predicted molar refractivity (Wildman–Crippen MR) is 105 cm³/mol. The molecule has 2 N–H and O–H groups in total. The highest BCUT2D eigenvalue weighted by Crippen LogP contribution is 2.34. The summed E-state index contributed by atoms with van der Waals surface area (Å²) >= 11 is 0. The van der Waals surface area contributed by atoms with Crippen molar-refractivity contribution in [2.45, 2.75) is 38.8 Å². The van der Waals surface area contributed by atoms with Gasteiger partial charge in [0.25, 0.3) is 5.56 Å². The zero-order valence-electron chi connectivity index (χ0n) is 15.9. The van der Waals surface area contributed by atoms with Crippen molar-refractivity contribution < 1.29 is 4.74 Å². The molecule has 2 aromatic heterocycles. The van der Waals surface area contributed by atoms with Gasteiger partial charge in [0.05, 0.1) is 17.8 Å². The fourth-order valence-electron chi connectivity index (χ4n) is 3.57. The van der Waals surface area contributed by atoms with E-state index in [2.05, 4.69) is 32.5 Å². The van der Waals surface area contributed by atoms with Crippen LogP contribution in [0.2, 0.25) is 0 Å². The number of nitrogens with one attached hydrogen (secondary N) is 2. The van der Waals surface area contributed by atoms with Crippen LogP contribution in [0.5, 0.6) is 0 Å². The Morgan fingerprint density at radius 2 is 2.07 bits per heavy atom. The number of aromatic nitrogens is 4. The molecule has 0 radical (unpaired) electrons. The Morgan fingerprint density at radius 1 is 1.30 bits per heavy atom. The van der Waals surface area contributed by atoms with Crippen LogP contribution in [0.3, 0.4) is 0 Å². The summed E-state index contributed by atoms with van der Waals surface area (Å²) in [6.07, 6.45) is 2.61. The minimum absolute atomic E-state index is 0.0641. The third kappa shape index (κ3) is 3.47. The lowest BCUT2D eigenvalue weighted by Gasteiger charge is -2.21. The Hall–Kier alpha value is -2.67. The first-order valence-corrected chi connectivity index (χ1v) is 9.32. The second kappa shape index (κ2) is 6.81. The van der Waals surface area contributed by atoms with Gasteiger partial charge in [-0.05, 0) is 32.8 Å². The fraction of sp³-hybridized carbons (Fsp3) is 0.450. The van der Waals surface area contributed by atoms with Gasteiger partial charge in [0.15, 0.2) is 5.65 Å². The van der Waals surface area contributed by atoms with E-state index >= 15 is 0 Å². The Morgan fingerprint density at radius 3 is 2.81 bits per heavy atom. The van der Waals surface area contributed by atoms with Crippen molar-refractivity contribution in [1.29, 1.82) is 0 Å². The molecule has 3 heterocycles. The molecular formula is C20H25N5O2. The van der Waals surface area contributed by atoms with E-state index in [1.165, 1.54) is 5.56 Å². The van der Waals surface area contributed by atoms with Gasteiger partial charge >= 0.3 is 0 Å². The van der Waals surface area contributed by atoms with Gasteiger partial charge < -0.3 is 10.1 Å². The van der Waals surface area contributed by atoms with E-state index in [4.69, 9.17) is 4.74 Å². The van der Waals surface area contributed by atoms with Gasteiger partial charge in [-0.2, -0.15) is 10.1 Å². The van der Waals surface area contributed by atoms with Crippen molar-refractivity contribution in [3.05, 3.63) is 52.4 Å². The van der Waals surface area contributed by atoms with Crippen LogP contribution in [-0.2, 0) is 10.3 Å². The zero-order valence-corrected chi connectivity index (χ0v) is 15.9. The summed E-state index contributed by atoms with van der Waals surface area (Å²) in [4.78, 5) is 19.8. The smallest absolute Gasteiger partial charge is 0.263 e. The van der Waals surface area contributed by atoms with Crippen molar-refractivity contribution in [2.75, 3.05) is 18.5 Å². The number of hydrogen-bond acceptors (Lipinski definition) is 5. The third-order valence-corrected chi connectivity index (χ3v) is 4.95. The first-order valence-electron chi connectivity index (χ1n) is 9.32. The number of aromatic amines is 1. The molecule has 0 amide bonds. The summed E-state index contributed by atoms with van der Waals surface area (Å²) in [6.45, 7) is 7.53. The molecule has 7 heteroatoms. The van der Waals surface area contributed by atoms with Gasteiger partial charge in [0.1, 0.15) is 5.39 Å². The Labute approximate surface area is 157 Å². The number of rotatable bonds is 4. The number of nitrogens with zero attached hydrogens (tertiary/aromatic N) is 3. The van der Waals surface area contributed by atoms with Crippen LogP contribution in [0.25, 0.3) is 11.0 Å². The number of ether oxygens (including phenoxy) is 1. The van der Waals surface area contributed by atoms with Crippen LogP contribution in [0.4, 0.5) is 5.95 Å². The molecule has 4 rings (SSSR count). The summed E-state index contributed by atoms with van der Waals surface area (Å²) in [6, 6.07) is 10.3. The van der Waals surface area contributed by atoms with E-state index in [-0.39, 0.29) is 17.2 Å². The number of anilines is 1. The molecule has 2 atom stereocenters. The highest BCUT2D eigenvalue weighted by Gasteiger charge is 2.29. The summed E-state index contributed by atoms with van der Waals surface area (Å²) in [7, 11) is 0. The maximum Gasteiger partial charge on any atom is 0.263 e. The van der Waals surface area contributed by atoms with E-state index in [1.54, 1.807) is 10.9 Å². The van der Waals surface area contributed by atoms with Crippen molar-refractivity contribution in [2.24, 2.45) is 5.92 Å². The minimum Gasteiger partial charge on any atom is -0.373 e. The quantitative estimate of drug-likeness (QED) is 0.740. The van der Waals surface area contributed by atoms with Gasteiger partial charge in [-0.25, -0.2) is 4.68 Å². The van der Waals surface area contributed by atoms with Crippen molar-refractivity contribution in [3.8, 4) is 0 Å². The molecule has 1 saturated heterocycles. The maximum absolute atomic E-state index is 12.4. The Kier molecular flexibility index (Phi) is 4.47. The molecule has 2 unspecified atom stereocenters. The van der Waals surface area contributed by atoms with Crippen LogP contribution in [0.1, 0.15) is 38.9 Å². The molecule has 1 aliphatic heterocycles. The summed E-state index contributed by atoms with van der Waals surface area (Å²) in [5.74, 6) is 0.790. The summed E-state index contributed by atoms with van der Waals surface area (Å²) < 4.78 is 7.72. The van der Waals surface area contributed by atoms with Crippen molar-refractivity contribution in [1.82, 2.24) is 19.7 Å². The van der Waals surface area contributed by atoms with E-state index in [1.807, 2.05) is 39.0 Å². The molecule has 7 nitrogen and oxygen atoms in total. The first kappa shape index (κ1) is 17.7. The summed E-state index contributed by atoms with van der Waals surface area (Å²) in [5, 5.41) is 8.15. The van der Waals surface area contributed by atoms with Crippen molar-refractivity contribution in [3.63, 3.8) is 0 Å². The molecule has 3 aromatic rings. The molecule has 27 heavy (non-hydrogen) atoms. The first-order chi connectivity index (χ1) is 12.9. The molecule has 0 spiro atoms. The molecular weight excluding hydrogens is 342 g/mol. The highest BCUT2D eigenvalue weighted by atomic mass is 16.5. The molecule has 0 saturated carbocycles. The SMILES string of the molecule is CC(C)(C)n1ncc2c(=O)[nH]c(NCC3CCOC3c3ccccc3)nc21. The maximum atomic E-state index is 12.4. The van der Waals surface area contributed by atoms with Crippen molar-refractivity contribution >= 4 is 17.0 Å². The van der Waals surface area contributed by atoms with E-state index in [9.17, 15) is 4.79 Å². The average Bonchev–Trinajstić information content (AvgIpc) is 3.27. The monoisotopic (exact) mass is 367 g/mol. The number of fused-ring (bicyclic) bond motifs is 1. The second-order valence-electron chi connectivity index (χ2n) is 8.01. The average molecular weight is 367 g/mol. The lowest BCUT2D eigenvalue weighted by molar-refractivity contribution is 0.0933. The van der Waals surface area contributed by atoms with Crippen LogP contribution < -0.4 is 10.9 Å². The van der Waals surface area contributed by atoms with Crippen LogP contribution in [0, 0.1) is 5.92 Å². The highest BCUT2D eigenvalue weighted by molar-refractivity contribution is 5.74. The van der Waals surface area contributed by atoms with E-state index in [0.717, 1.165) is 13.0 Å². The largest absolute Gasteiger partial charge is 0.373 e. The topological polar surface area (TPSA) is 84.8 Å². The van der Waals surface area contributed by atoms with Crippen LogP contribution in [-0.4, -0.2) is 32.9 Å². The minimum atomic E-state index is -0.252. The fourth-order valence-corrected chi connectivity index (χ4v) is 3.57. The third-order valence-electron chi connectivity index (χ3n) is 4.95. The molecule has 1 aromatic carbocycles. The van der Waals surface area contributed by atoms with Gasteiger partial charge in [0, 0.05) is 19.1 Å². The van der Waals surface area contributed by atoms with Gasteiger partial charge in [-0.3, -0.25) is 9.78 Å². The number of benzene rings is 1. The zero-order chi connectivity index (χ0) is 19.0. The standard InChI is InChI=1S/C20H25N5O2/c1-20(2,3)25-17-15(12-22-25)18(26)24-19(23-17)21-11-14-9-10-27-16(14)13-7-5-4-6-8-13/h4-8,12,14,16H,9-11H2,1-3H3,(H2,21,23,24,26). The van der Waals surface area contributed by atoms with Gasteiger partial charge in [-0.15, -0.1) is 0 Å². The Balaban J connectivity index is 1.56. The van der Waals surface area contributed by atoms with Gasteiger partial charge in [-0.1, -0.05) is 30.3 Å². The molecule has 1 fully saturated rings. The normalized spacial score (nSPS) is 20.3. The molecule has 1 aliphatic rings. The predicted octanol–water partition coefficient (Wildman–Crippen LogP) is 3.06. The van der Waals surface area contributed by atoms with Gasteiger partial charge in [0.2, 0.25) is 5.95 Å². The van der Waals surface area contributed by atoms with Crippen LogP contribution in [0.15, 0.2) is 41.3 Å². The van der Waals surface area contributed by atoms with E-state index < -0.39 is 0 Å². The second-order valence-corrected chi connectivity index (χ2v) is 8.01. The van der Waals surface area contributed by atoms with Crippen LogP contribution >= 0.6 is 0 Å². The number of hydrogen-bond donors (Lipinski definition) is 2. The Bertz CT molecular complexity index is 987. The van der Waals surface area contributed by atoms with E-state index in [0.29, 0.717) is 29.4 Å². The lowest BCUT2D eigenvalue weighted by Crippen LogP contribution is -2.25. The summed E-state index contributed by atoms with van der Waals surface area (Å²) in [5.41, 5.74) is 1.35. The molecule has 142 valence electrons. The lowest BCUT2D eigenvalue weighted by atomic mass is 9.95. The molecule has 0 bridgehead atoms.